The summed E-state index contributed by atoms with van der Waals surface area (Å²) >= 11 is 0. The van der Waals surface area contributed by atoms with Crippen molar-refractivity contribution >= 4 is 17.3 Å². The molecule has 0 unspecified atom stereocenters. The van der Waals surface area contributed by atoms with E-state index in [2.05, 4.69) is 55.9 Å². The monoisotopic (exact) mass is 501 g/mol. The van der Waals surface area contributed by atoms with Crippen molar-refractivity contribution in [3.8, 4) is 11.1 Å². The van der Waals surface area contributed by atoms with E-state index in [4.69, 9.17) is 9.84 Å². The minimum Gasteiger partial charge on any atom is -0.381 e. The van der Waals surface area contributed by atoms with Crippen molar-refractivity contribution < 1.29 is 4.74 Å². The Bertz CT molecular complexity index is 1280. The molecule has 0 N–H and O–H groups in total. The maximum absolute atomic E-state index is 5.69. The van der Waals surface area contributed by atoms with Gasteiger partial charge in [-0.2, -0.15) is 10.2 Å². The summed E-state index contributed by atoms with van der Waals surface area (Å²) in [6.45, 7) is 6.79. The van der Waals surface area contributed by atoms with E-state index in [0.29, 0.717) is 6.04 Å². The number of anilines is 2. The van der Waals surface area contributed by atoms with Gasteiger partial charge in [0.15, 0.2) is 5.82 Å². The summed E-state index contributed by atoms with van der Waals surface area (Å²) in [5.74, 6) is 2.37. The van der Waals surface area contributed by atoms with E-state index >= 15 is 0 Å². The maximum atomic E-state index is 5.69. The van der Waals surface area contributed by atoms with Crippen LogP contribution in [0.25, 0.3) is 11.1 Å². The highest BCUT2D eigenvalue weighted by Gasteiger charge is 2.33. The van der Waals surface area contributed by atoms with Gasteiger partial charge in [0.25, 0.3) is 0 Å². The lowest BCUT2D eigenvalue weighted by atomic mass is 9.96. The Hall–Kier alpha value is -3.13. The molecular formula is C29H39N7O. The van der Waals surface area contributed by atoms with Crippen molar-refractivity contribution in [2.45, 2.75) is 64.5 Å². The SMILES string of the molecule is CCCC(=NC)N1CCc2c(c(N3CCCc4cc(-c5cnn(C)c5)ccc43)nn2C2CCOCC2)C1. The Morgan fingerprint density at radius 2 is 2.00 bits per heavy atom. The molecule has 8 heteroatoms. The van der Waals surface area contributed by atoms with Crippen LogP contribution < -0.4 is 4.90 Å². The van der Waals surface area contributed by atoms with E-state index < -0.39 is 0 Å². The smallest absolute Gasteiger partial charge is 0.160 e. The first-order valence-corrected chi connectivity index (χ1v) is 13.9. The Morgan fingerprint density at radius 1 is 1.14 bits per heavy atom. The topological polar surface area (TPSA) is 63.7 Å². The van der Waals surface area contributed by atoms with Crippen molar-refractivity contribution in [1.82, 2.24) is 24.5 Å². The van der Waals surface area contributed by atoms with Gasteiger partial charge in [-0.25, -0.2) is 0 Å². The quantitative estimate of drug-likeness (QED) is 0.367. The van der Waals surface area contributed by atoms with Crippen LogP contribution in [0.3, 0.4) is 0 Å². The van der Waals surface area contributed by atoms with Crippen molar-refractivity contribution in [3.63, 3.8) is 0 Å². The number of benzene rings is 1. The fraction of sp³-hybridized carbons (Fsp3) is 0.552. The van der Waals surface area contributed by atoms with E-state index in [-0.39, 0.29) is 0 Å². The number of hydrogen-bond donors (Lipinski definition) is 0. The van der Waals surface area contributed by atoms with Crippen molar-refractivity contribution in [3.05, 3.63) is 47.4 Å². The van der Waals surface area contributed by atoms with Crippen molar-refractivity contribution in [2.24, 2.45) is 12.0 Å². The summed E-state index contributed by atoms with van der Waals surface area (Å²) in [6, 6.07) is 7.32. The summed E-state index contributed by atoms with van der Waals surface area (Å²) in [4.78, 5) is 9.65. The number of nitrogens with zero attached hydrogens (tertiary/aromatic N) is 7. The molecule has 0 atom stereocenters. The van der Waals surface area contributed by atoms with Gasteiger partial charge in [-0.05, 0) is 55.4 Å². The Morgan fingerprint density at radius 3 is 2.76 bits per heavy atom. The highest BCUT2D eigenvalue weighted by atomic mass is 16.5. The highest BCUT2D eigenvalue weighted by molar-refractivity contribution is 5.83. The first kappa shape index (κ1) is 24.2. The first-order valence-electron chi connectivity index (χ1n) is 13.9. The van der Waals surface area contributed by atoms with Crippen LogP contribution in [0.15, 0.2) is 35.6 Å². The molecule has 196 valence electrons. The molecule has 5 heterocycles. The third kappa shape index (κ3) is 4.56. The van der Waals surface area contributed by atoms with Gasteiger partial charge in [0, 0.05) is 88.5 Å². The van der Waals surface area contributed by atoms with Crippen LogP contribution in [0.4, 0.5) is 11.5 Å². The van der Waals surface area contributed by atoms with Crippen LogP contribution in [-0.4, -0.2) is 63.6 Å². The second kappa shape index (κ2) is 10.3. The summed E-state index contributed by atoms with van der Waals surface area (Å²) in [5, 5.41) is 9.77. The molecule has 0 spiro atoms. The van der Waals surface area contributed by atoms with Gasteiger partial charge in [0.2, 0.25) is 0 Å². The molecule has 37 heavy (non-hydrogen) atoms. The third-order valence-electron chi connectivity index (χ3n) is 8.19. The average Bonchev–Trinajstić information content (AvgIpc) is 3.55. The molecule has 1 aromatic carbocycles. The number of amidine groups is 1. The third-order valence-corrected chi connectivity index (χ3v) is 8.19. The lowest BCUT2D eigenvalue weighted by Gasteiger charge is -2.34. The number of rotatable bonds is 5. The summed E-state index contributed by atoms with van der Waals surface area (Å²) in [6.07, 6.45) is 11.5. The van der Waals surface area contributed by atoms with E-state index in [1.54, 1.807) is 0 Å². The van der Waals surface area contributed by atoms with Crippen LogP contribution >= 0.6 is 0 Å². The van der Waals surface area contributed by atoms with Crippen LogP contribution in [0.5, 0.6) is 0 Å². The van der Waals surface area contributed by atoms with Crippen molar-refractivity contribution in [2.75, 3.05) is 38.3 Å². The second-order valence-corrected chi connectivity index (χ2v) is 10.6. The molecule has 0 aliphatic carbocycles. The van der Waals surface area contributed by atoms with Crippen LogP contribution in [0, 0.1) is 0 Å². The number of hydrogen-bond acceptors (Lipinski definition) is 5. The van der Waals surface area contributed by atoms with Gasteiger partial charge < -0.3 is 14.5 Å². The van der Waals surface area contributed by atoms with Crippen LogP contribution in [0.2, 0.25) is 0 Å². The van der Waals surface area contributed by atoms with E-state index in [0.717, 1.165) is 83.6 Å². The molecule has 3 aromatic rings. The predicted octanol–water partition coefficient (Wildman–Crippen LogP) is 4.91. The molecule has 1 saturated heterocycles. The number of aromatic nitrogens is 4. The zero-order chi connectivity index (χ0) is 25.4. The molecule has 3 aliphatic rings. The van der Waals surface area contributed by atoms with E-state index in [1.165, 1.54) is 39.5 Å². The highest BCUT2D eigenvalue weighted by Crippen LogP contribution is 2.40. The Balaban J connectivity index is 1.40. The molecule has 0 amide bonds. The first-order chi connectivity index (χ1) is 18.2. The second-order valence-electron chi connectivity index (χ2n) is 10.6. The van der Waals surface area contributed by atoms with E-state index in [9.17, 15) is 0 Å². The Kier molecular flexibility index (Phi) is 6.76. The molecule has 2 aromatic heterocycles. The summed E-state index contributed by atoms with van der Waals surface area (Å²) in [5.41, 5.74) is 7.91. The van der Waals surface area contributed by atoms with Gasteiger partial charge in [-0.3, -0.25) is 14.4 Å². The zero-order valence-electron chi connectivity index (χ0n) is 22.5. The molecule has 0 radical (unpaired) electrons. The molecule has 6 rings (SSSR count). The largest absolute Gasteiger partial charge is 0.381 e. The van der Waals surface area contributed by atoms with Gasteiger partial charge in [0.1, 0.15) is 0 Å². The summed E-state index contributed by atoms with van der Waals surface area (Å²) in [7, 11) is 3.91. The van der Waals surface area contributed by atoms with Crippen LogP contribution in [0.1, 0.15) is 61.9 Å². The Labute approximate surface area is 219 Å². The van der Waals surface area contributed by atoms with Gasteiger partial charge in [-0.15, -0.1) is 0 Å². The zero-order valence-corrected chi connectivity index (χ0v) is 22.5. The van der Waals surface area contributed by atoms with Crippen molar-refractivity contribution in [1.29, 1.82) is 0 Å². The predicted molar refractivity (Wildman–Crippen MR) is 148 cm³/mol. The molecule has 3 aliphatic heterocycles. The number of ether oxygens (including phenoxy) is 1. The van der Waals surface area contributed by atoms with Crippen LogP contribution in [-0.2, 0) is 31.2 Å². The number of aryl methyl sites for hydroxylation is 2. The molecular weight excluding hydrogens is 462 g/mol. The lowest BCUT2D eigenvalue weighted by molar-refractivity contribution is 0.0652. The molecule has 0 bridgehead atoms. The molecule has 1 fully saturated rings. The van der Waals surface area contributed by atoms with Gasteiger partial charge >= 0.3 is 0 Å². The minimum atomic E-state index is 0.426. The summed E-state index contributed by atoms with van der Waals surface area (Å²) < 4.78 is 9.94. The normalized spacial score (nSPS) is 18.7. The fourth-order valence-electron chi connectivity index (χ4n) is 6.30. The number of aliphatic imine (C=N–C) groups is 1. The molecule has 8 nitrogen and oxygen atoms in total. The molecule has 0 saturated carbocycles. The minimum absolute atomic E-state index is 0.426. The van der Waals surface area contributed by atoms with E-state index in [1.807, 2.05) is 25.0 Å². The fourth-order valence-corrected chi connectivity index (χ4v) is 6.30. The lowest BCUT2D eigenvalue weighted by Crippen LogP contribution is -2.37. The average molecular weight is 502 g/mol. The number of fused-ring (bicyclic) bond motifs is 2. The standard InChI is InChI=1S/C29H39N7O/c1-4-6-28(30-2)34-14-10-27-25(20-34)29(32-36(27)24-11-15-37-16-12-24)35-13-5-7-22-17-21(8-9-26(22)35)23-18-31-33(3)19-23/h8-9,17-19,24H,4-7,10-16,20H2,1-3H3. The maximum Gasteiger partial charge on any atom is 0.160 e. The van der Waals surface area contributed by atoms with Gasteiger partial charge in [0.05, 0.1) is 18.1 Å². The van der Waals surface area contributed by atoms with Gasteiger partial charge in [-0.1, -0.05) is 13.0 Å².